The van der Waals surface area contributed by atoms with Gasteiger partial charge in [0.15, 0.2) is 0 Å². The molecule has 0 aliphatic carbocycles. The summed E-state index contributed by atoms with van der Waals surface area (Å²) in [5.41, 5.74) is 0. The highest BCUT2D eigenvalue weighted by molar-refractivity contribution is 5.84. The monoisotopic (exact) mass is 413 g/mol. The molecular weight excluding hydrogens is 366 g/mol. The van der Waals surface area contributed by atoms with E-state index in [4.69, 9.17) is 9.84 Å². The fraction of sp³-hybridized carbons (Fsp3) is 0.917. The van der Waals surface area contributed by atoms with E-state index < -0.39 is 12.0 Å². The molecule has 0 aliphatic heterocycles. The zero-order chi connectivity index (χ0) is 21.7. The number of esters is 1. The van der Waals surface area contributed by atoms with Crippen LogP contribution in [0.4, 0.5) is 0 Å². The highest BCUT2D eigenvalue weighted by Crippen LogP contribution is 2.13. The van der Waals surface area contributed by atoms with E-state index in [2.05, 4.69) is 12.2 Å². The van der Waals surface area contributed by atoms with Crippen LogP contribution < -0.4 is 5.32 Å². The average molecular weight is 414 g/mol. The summed E-state index contributed by atoms with van der Waals surface area (Å²) in [7, 11) is 0. The van der Waals surface area contributed by atoms with Crippen molar-refractivity contribution in [2.24, 2.45) is 5.92 Å². The predicted molar refractivity (Wildman–Crippen MR) is 120 cm³/mol. The van der Waals surface area contributed by atoms with E-state index in [1.165, 1.54) is 70.6 Å². The van der Waals surface area contributed by atoms with Gasteiger partial charge in [-0.15, -0.1) is 0 Å². The van der Waals surface area contributed by atoms with Crippen molar-refractivity contribution in [3.05, 3.63) is 0 Å². The number of ether oxygens (including phenoxy) is 1. The third-order valence-electron chi connectivity index (χ3n) is 5.29. The predicted octanol–water partition coefficient (Wildman–Crippen LogP) is 5.53. The Kier molecular flexibility index (Phi) is 19.4. The molecule has 172 valence electrons. The molecule has 2 N–H and O–H groups in total. The summed E-state index contributed by atoms with van der Waals surface area (Å²) < 4.78 is 5.12. The summed E-state index contributed by atoms with van der Waals surface area (Å²) in [5.74, 6) is -0.509. The second-order valence-electron chi connectivity index (χ2n) is 8.53. The normalized spacial score (nSPS) is 12.2. The first kappa shape index (κ1) is 27.9. The van der Waals surface area contributed by atoms with E-state index in [9.17, 15) is 9.59 Å². The van der Waals surface area contributed by atoms with Crippen LogP contribution in [0.15, 0.2) is 0 Å². The largest absolute Gasteiger partial charge is 0.464 e. The van der Waals surface area contributed by atoms with Crippen molar-refractivity contribution >= 4 is 11.9 Å². The van der Waals surface area contributed by atoms with Gasteiger partial charge in [0, 0.05) is 19.4 Å². The Hall–Kier alpha value is -1.10. The van der Waals surface area contributed by atoms with Crippen molar-refractivity contribution in [1.82, 2.24) is 5.32 Å². The summed E-state index contributed by atoms with van der Waals surface area (Å²) in [6.07, 6.45) is 17.5. The second kappa shape index (κ2) is 20.2. The topological polar surface area (TPSA) is 75.6 Å². The smallest absolute Gasteiger partial charge is 0.328 e. The highest BCUT2D eigenvalue weighted by atomic mass is 16.5. The number of hydrogen-bond donors (Lipinski definition) is 2. The van der Waals surface area contributed by atoms with Crippen molar-refractivity contribution in [1.29, 1.82) is 0 Å². The maximum atomic E-state index is 12.1. The minimum Gasteiger partial charge on any atom is -0.464 e. The molecule has 0 aromatic carbocycles. The van der Waals surface area contributed by atoms with E-state index in [1.54, 1.807) is 0 Å². The molecule has 5 nitrogen and oxygen atoms in total. The lowest BCUT2D eigenvalue weighted by atomic mass is 10.0. The SMILES string of the molecule is CCCCCCCCCCCCCCCC(=O)N[C@H](C(=O)OCCCO)C(C)C. The molecule has 0 radical (unpaired) electrons. The molecule has 0 unspecified atom stereocenters. The highest BCUT2D eigenvalue weighted by Gasteiger charge is 2.25. The maximum absolute atomic E-state index is 12.1. The van der Waals surface area contributed by atoms with Crippen LogP contribution in [0.5, 0.6) is 0 Å². The summed E-state index contributed by atoms with van der Waals surface area (Å²) in [4.78, 5) is 24.2. The van der Waals surface area contributed by atoms with Crippen molar-refractivity contribution in [3.63, 3.8) is 0 Å². The first-order chi connectivity index (χ1) is 14.0. The van der Waals surface area contributed by atoms with Crippen molar-refractivity contribution in [2.45, 2.75) is 123 Å². The molecule has 29 heavy (non-hydrogen) atoms. The summed E-state index contributed by atoms with van der Waals surface area (Å²) in [5, 5.41) is 11.6. The molecule has 0 saturated heterocycles. The molecule has 0 aromatic rings. The third-order valence-corrected chi connectivity index (χ3v) is 5.29. The van der Waals surface area contributed by atoms with E-state index in [1.807, 2.05) is 13.8 Å². The molecular formula is C24H47NO4. The summed E-state index contributed by atoms with van der Waals surface area (Å²) in [6, 6.07) is -0.608. The van der Waals surface area contributed by atoms with Gasteiger partial charge < -0.3 is 15.2 Å². The van der Waals surface area contributed by atoms with Crippen LogP contribution in [0.25, 0.3) is 0 Å². The number of carbonyl (C=O) groups is 2. The molecule has 0 fully saturated rings. The Morgan fingerprint density at radius 3 is 1.72 bits per heavy atom. The van der Waals surface area contributed by atoms with Gasteiger partial charge in [0.25, 0.3) is 0 Å². The number of hydrogen-bond acceptors (Lipinski definition) is 4. The quantitative estimate of drug-likeness (QED) is 0.203. The molecule has 1 atom stereocenters. The number of unbranched alkanes of at least 4 members (excludes halogenated alkanes) is 12. The standard InChI is InChI=1S/C24H47NO4/c1-4-5-6-7-8-9-10-11-12-13-14-15-16-18-22(27)25-23(21(2)3)24(28)29-20-17-19-26/h21,23,26H,4-20H2,1-3H3,(H,25,27)/t23-/m0/s1. The van der Waals surface area contributed by atoms with Gasteiger partial charge in [0.2, 0.25) is 5.91 Å². The molecule has 0 aliphatic rings. The number of nitrogens with one attached hydrogen (secondary N) is 1. The van der Waals surface area contributed by atoms with Gasteiger partial charge in [-0.1, -0.05) is 97.8 Å². The fourth-order valence-electron chi connectivity index (χ4n) is 3.37. The zero-order valence-electron chi connectivity index (χ0n) is 19.3. The minimum absolute atomic E-state index is 0.00890. The lowest BCUT2D eigenvalue weighted by Crippen LogP contribution is -2.45. The van der Waals surface area contributed by atoms with E-state index in [0.717, 1.165) is 12.8 Å². The van der Waals surface area contributed by atoms with Crippen molar-refractivity contribution in [2.75, 3.05) is 13.2 Å². The van der Waals surface area contributed by atoms with Gasteiger partial charge in [-0.05, 0) is 12.3 Å². The van der Waals surface area contributed by atoms with E-state index in [0.29, 0.717) is 12.8 Å². The van der Waals surface area contributed by atoms with Gasteiger partial charge in [-0.3, -0.25) is 4.79 Å². The van der Waals surface area contributed by atoms with Gasteiger partial charge in [-0.25, -0.2) is 4.79 Å². The van der Waals surface area contributed by atoms with Gasteiger partial charge in [0.1, 0.15) is 6.04 Å². The average Bonchev–Trinajstić information content (AvgIpc) is 2.69. The summed E-state index contributed by atoms with van der Waals surface area (Å²) >= 11 is 0. The molecule has 0 rings (SSSR count). The molecule has 0 saturated carbocycles. The molecule has 0 heterocycles. The second-order valence-corrected chi connectivity index (χ2v) is 8.53. The number of amides is 1. The minimum atomic E-state index is -0.608. The van der Waals surface area contributed by atoms with Gasteiger partial charge in [0.05, 0.1) is 6.61 Å². The molecule has 5 heteroatoms. The van der Waals surface area contributed by atoms with E-state index in [-0.39, 0.29) is 25.0 Å². The van der Waals surface area contributed by atoms with Crippen LogP contribution in [-0.4, -0.2) is 36.2 Å². The van der Waals surface area contributed by atoms with Crippen LogP contribution in [0.3, 0.4) is 0 Å². The van der Waals surface area contributed by atoms with Crippen molar-refractivity contribution < 1.29 is 19.4 Å². The summed E-state index contributed by atoms with van der Waals surface area (Å²) in [6.45, 7) is 6.22. The number of aliphatic hydroxyl groups is 1. The molecule has 0 spiro atoms. The Balaban J connectivity index is 3.65. The first-order valence-electron chi connectivity index (χ1n) is 12.1. The van der Waals surface area contributed by atoms with Crippen LogP contribution in [-0.2, 0) is 14.3 Å². The van der Waals surface area contributed by atoms with Gasteiger partial charge >= 0.3 is 5.97 Å². The lowest BCUT2D eigenvalue weighted by molar-refractivity contribution is -0.149. The molecule has 1 amide bonds. The molecule has 0 bridgehead atoms. The van der Waals surface area contributed by atoms with Crippen molar-refractivity contribution in [3.8, 4) is 0 Å². The lowest BCUT2D eigenvalue weighted by Gasteiger charge is -2.20. The molecule has 0 aromatic heterocycles. The number of carbonyl (C=O) groups excluding carboxylic acids is 2. The van der Waals surface area contributed by atoms with Crippen LogP contribution in [0.2, 0.25) is 0 Å². The first-order valence-corrected chi connectivity index (χ1v) is 12.1. The number of rotatable bonds is 20. The Bertz CT molecular complexity index is 398. The third kappa shape index (κ3) is 17.5. The number of aliphatic hydroxyl groups excluding tert-OH is 1. The van der Waals surface area contributed by atoms with Crippen LogP contribution >= 0.6 is 0 Å². The van der Waals surface area contributed by atoms with Crippen LogP contribution in [0.1, 0.15) is 117 Å². The van der Waals surface area contributed by atoms with Gasteiger partial charge in [-0.2, -0.15) is 0 Å². The Morgan fingerprint density at radius 1 is 0.793 bits per heavy atom. The maximum Gasteiger partial charge on any atom is 0.328 e. The van der Waals surface area contributed by atoms with E-state index >= 15 is 0 Å². The Labute approximate surface area is 179 Å². The fourth-order valence-corrected chi connectivity index (χ4v) is 3.37. The Morgan fingerprint density at radius 2 is 1.28 bits per heavy atom. The zero-order valence-corrected chi connectivity index (χ0v) is 19.3. The van der Waals surface area contributed by atoms with Crippen LogP contribution in [0, 0.1) is 5.92 Å².